The first-order valence-electron chi connectivity index (χ1n) is 11.6. The molecular weight excluding hydrogens is 454 g/mol. The first-order chi connectivity index (χ1) is 17.0. The monoisotopic (exact) mass is 481 g/mol. The number of sulfonamides is 1. The standard InChI is InChI=1S/C30H27NO3S/c1-3-29-27-11-7-8-12-28(27)30(31(29)35(32,33)26-19-13-22(2)14-20-26)24-15-17-25(18-16-24)34-21-23-9-5-4-6-10-23/h3-20,29-30H,1,21H2,2H3/t29-,30+/m1/s1. The van der Waals surface area contributed by atoms with Crippen LogP contribution < -0.4 is 4.74 Å². The van der Waals surface area contributed by atoms with E-state index < -0.39 is 22.1 Å². The molecule has 0 amide bonds. The van der Waals surface area contributed by atoms with Crippen LogP contribution in [0.1, 0.15) is 39.9 Å². The Labute approximate surface area is 207 Å². The molecule has 1 aliphatic rings. The highest BCUT2D eigenvalue weighted by atomic mass is 32.2. The summed E-state index contributed by atoms with van der Waals surface area (Å²) in [5.74, 6) is 0.733. The number of ether oxygens (including phenoxy) is 1. The highest BCUT2D eigenvalue weighted by molar-refractivity contribution is 7.89. The van der Waals surface area contributed by atoms with Gasteiger partial charge in [-0.2, -0.15) is 4.31 Å². The van der Waals surface area contributed by atoms with Crippen LogP contribution in [0, 0.1) is 6.92 Å². The number of benzene rings is 4. The first kappa shape index (κ1) is 23.1. The van der Waals surface area contributed by atoms with E-state index in [1.807, 2.05) is 97.9 Å². The molecule has 1 aliphatic heterocycles. The van der Waals surface area contributed by atoms with Crippen LogP contribution in [0.4, 0.5) is 0 Å². The largest absolute Gasteiger partial charge is 0.489 e. The molecule has 0 N–H and O–H groups in total. The van der Waals surface area contributed by atoms with Crippen molar-refractivity contribution < 1.29 is 13.2 Å². The van der Waals surface area contributed by atoms with Crippen LogP contribution in [0.15, 0.2) is 121 Å². The molecule has 0 aliphatic carbocycles. The van der Waals surface area contributed by atoms with Crippen LogP contribution in [-0.4, -0.2) is 12.7 Å². The van der Waals surface area contributed by atoms with E-state index in [0.29, 0.717) is 6.61 Å². The number of nitrogens with zero attached hydrogens (tertiary/aromatic N) is 1. The van der Waals surface area contributed by atoms with Gasteiger partial charge in [-0.05, 0) is 53.4 Å². The third kappa shape index (κ3) is 4.41. The molecule has 0 fully saturated rings. The lowest BCUT2D eigenvalue weighted by Crippen LogP contribution is -2.33. The van der Waals surface area contributed by atoms with E-state index in [2.05, 4.69) is 6.58 Å². The van der Waals surface area contributed by atoms with Crippen LogP contribution in [0.25, 0.3) is 0 Å². The van der Waals surface area contributed by atoms with Crippen molar-refractivity contribution in [2.75, 3.05) is 0 Å². The third-order valence-corrected chi connectivity index (χ3v) is 8.26. The maximum Gasteiger partial charge on any atom is 0.244 e. The Hall–Kier alpha value is -3.67. The Balaban J connectivity index is 1.52. The third-order valence-electron chi connectivity index (χ3n) is 6.40. The van der Waals surface area contributed by atoms with E-state index in [1.165, 1.54) is 0 Å². The fourth-order valence-corrected chi connectivity index (χ4v) is 6.36. The van der Waals surface area contributed by atoms with Crippen molar-refractivity contribution in [1.82, 2.24) is 4.31 Å². The van der Waals surface area contributed by atoms with E-state index in [1.54, 1.807) is 22.5 Å². The summed E-state index contributed by atoms with van der Waals surface area (Å²) in [5, 5.41) is 0. The van der Waals surface area contributed by atoms with Gasteiger partial charge >= 0.3 is 0 Å². The summed E-state index contributed by atoms with van der Waals surface area (Å²) >= 11 is 0. The first-order valence-corrected chi connectivity index (χ1v) is 13.0. The van der Waals surface area contributed by atoms with Crippen molar-refractivity contribution in [3.05, 3.63) is 144 Å². The van der Waals surface area contributed by atoms with Gasteiger partial charge in [-0.15, -0.1) is 6.58 Å². The van der Waals surface area contributed by atoms with Crippen LogP contribution >= 0.6 is 0 Å². The molecule has 4 nitrogen and oxygen atoms in total. The second-order valence-electron chi connectivity index (χ2n) is 8.70. The Morgan fingerprint density at radius 2 is 1.46 bits per heavy atom. The van der Waals surface area contributed by atoms with Gasteiger partial charge in [-0.25, -0.2) is 8.42 Å². The van der Waals surface area contributed by atoms with E-state index in [9.17, 15) is 8.42 Å². The van der Waals surface area contributed by atoms with Crippen molar-refractivity contribution in [2.24, 2.45) is 0 Å². The van der Waals surface area contributed by atoms with E-state index in [0.717, 1.165) is 33.6 Å². The second kappa shape index (κ2) is 9.53. The minimum Gasteiger partial charge on any atom is -0.489 e. The molecule has 0 radical (unpaired) electrons. The zero-order chi connectivity index (χ0) is 24.4. The van der Waals surface area contributed by atoms with Crippen molar-refractivity contribution in [1.29, 1.82) is 0 Å². The normalized spacial score (nSPS) is 17.6. The fraction of sp³-hybridized carbons (Fsp3) is 0.133. The van der Waals surface area contributed by atoms with Crippen LogP contribution in [0.2, 0.25) is 0 Å². The number of fused-ring (bicyclic) bond motifs is 1. The number of hydrogen-bond donors (Lipinski definition) is 0. The fourth-order valence-electron chi connectivity index (χ4n) is 4.63. The Morgan fingerprint density at radius 3 is 2.11 bits per heavy atom. The average Bonchev–Trinajstić information content (AvgIpc) is 3.24. The Morgan fingerprint density at radius 1 is 0.829 bits per heavy atom. The molecule has 5 rings (SSSR count). The zero-order valence-corrected chi connectivity index (χ0v) is 20.4. The summed E-state index contributed by atoms with van der Waals surface area (Å²) in [4.78, 5) is 0.274. The van der Waals surface area contributed by atoms with Crippen LogP contribution in [0.3, 0.4) is 0 Å². The highest BCUT2D eigenvalue weighted by Crippen LogP contribution is 2.49. The lowest BCUT2D eigenvalue weighted by molar-refractivity contribution is 0.305. The summed E-state index contributed by atoms with van der Waals surface area (Å²) in [6.45, 7) is 6.40. The SMILES string of the molecule is C=C[C@@H]1c2ccccc2[C@H](c2ccc(OCc3ccccc3)cc2)N1S(=O)(=O)c1ccc(C)cc1. The maximum atomic E-state index is 13.9. The minimum absolute atomic E-state index is 0.274. The number of hydrogen-bond acceptors (Lipinski definition) is 3. The van der Waals surface area contributed by atoms with Gasteiger partial charge < -0.3 is 4.74 Å². The summed E-state index contributed by atoms with van der Waals surface area (Å²) in [6, 6.07) is 31.6. The summed E-state index contributed by atoms with van der Waals surface area (Å²) in [5.41, 5.74) is 4.89. The number of rotatable bonds is 7. The minimum atomic E-state index is -3.81. The van der Waals surface area contributed by atoms with E-state index in [4.69, 9.17) is 4.74 Å². The molecule has 4 aromatic rings. The van der Waals surface area contributed by atoms with Gasteiger partial charge in [0.1, 0.15) is 12.4 Å². The van der Waals surface area contributed by atoms with E-state index in [-0.39, 0.29) is 4.90 Å². The second-order valence-corrected chi connectivity index (χ2v) is 10.5. The van der Waals surface area contributed by atoms with Crippen molar-refractivity contribution in [2.45, 2.75) is 30.5 Å². The molecule has 0 aromatic heterocycles. The molecule has 5 heteroatoms. The van der Waals surface area contributed by atoms with Crippen molar-refractivity contribution >= 4 is 10.0 Å². The lowest BCUT2D eigenvalue weighted by Gasteiger charge is -2.29. The Kier molecular flexibility index (Phi) is 6.29. The molecule has 0 spiro atoms. The topological polar surface area (TPSA) is 46.6 Å². The summed E-state index contributed by atoms with van der Waals surface area (Å²) in [6.07, 6.45) is 1.71. The quantitative estimate of drug-likeness (QED) is 0.280. The smallest absolute Gasteiger partial charge is 0.244 e. The molecule has 0 saturated carbocycles. The maximum absolute atomic E-state index is 13.9. The van der Waals surface area contributed by atoms with Crippen LogP contribution in [0.5, 0.6) is 5.75 Å². The molecule has 2 atom stereocenters. The van der Waals surface area contributed by atoms with Crippen molar-refractivity contribution in [3.63, 3.8) is 0 Å². The van der Waals surface area contributed by atoms with Gasteiger partial charge in [0.05, 0.1) is 17.0 Å². The van der Waals surface area contributed by atoms with Gasteiger partial charge in [0.2, 0.25) is 10.0 Å². The molecule has 0 saturated heterocycles. The number of aryl methyl sites for hydroxylation is 1. The molecule has 1 heterocycles. The Bertz CT molecular complexity index is 1430. The lowest BCUT2D eigenvalue weighted by atomic mass is 9.97. The van der Waals surface area contributed by atoms with Gasteiger partial charge in [-0.3, -0.25) is 0 Å². The van der Waals surface area contributed by atoms with Crippen molar-refractivity contribution in [3.8, 4) is 5.75 Å². The van der Waals surface area contributed by atoms with Gasteiger partial charge in [0.15, 0.2) is 0 Å². The summed E-state index contributed by atoms with van der Waals surface area (Å²) < 4.78 is 35.4. The predicted octanol–water partition coefficient (Wildman–Crippen LogP) is 6.60. The van der Waals surface area contributed by atoms with Gasteiger partial charge in [0.25, 0.3) is 0 Å². The molecule has 4 aromatic carbocycles. The molecular formula is C30H27NO3S. The molecule has 35 heavy (non-hydrogen) atoms. The van der Waals surface area contributed by atoms with Gasteiger partial charge in [-0.1, -0.05) is 90.5 Å². The average molecular weight is 482 g/mol. The van der Waals surface area contributed by atoms with E-state index >= 15 is 0 Å². The molecule has 0 bridgehead atoms. The van der Waals surface area contributed by atoms with Gasteiger partial charge in [0, 0.05) is 0 Å². The zero-order valence-electron chi connectivity index (χ0n) is 19.5. The predicted molar refractivity (Wildman–Crippen MR) is 139 cm³/mol. The molecule has 176 valence electrons. The summed E-state index contributed by atoms with van der Waals surface area (Å²) in [7, 11) is -3.81. The highest BCUT2D eigenvalue weighted by Gasteiger charge is 2.45. The van der Waals surface area contributed by atoms with Crippen LogP contribution in [-0.2, 0) is 16.6 Å². The molecule has 0 unspecified atom stereocenters.